The Balaban J connectivity index is 2.44. The summed E-state index contributed by atoms with van der Waals surface area (Å²) in [7, 11) is 0. The van der Waals surface area contributed by atoms with Gasteiger partial charge in [0.25, 0.3) is 5.96 Å². The van der Waals surface area contributed by atoms with Crippen molar-refractivity contribution in [1.29, 1.82) is 0 Å². The fraction of sp³-hybridized carbons (Fsp3) is 0.889. The first-order valence-corrected chi connectivity index (χ1v) is 5.34. The van der Waals surface area contributed by atoms with Crippen molar-refractivity contribution in [3.05, 3.63) is 10.1 Å². The van der Waals surface area contributed by atoms with E-state index >= 15 is 0 Å². The lowest BCUT2D eigenvalue weighted by Gasteiger charge is -2.24. The van der Waals surface area contributed by atoms with Crippen molar-refractivity contribution < 1.29 is 5.03 Å². The molecule has 0 heterocycles. The number of aliphatic imine (C=N–C) groups is 1. The third kappa shape index (κ3) is 4.14. The molecule has 1 saturated carbocycles. The van der Waals surface area contributed by atoms with E-state index in [0.29, 0.717) is 5.92 Å². The number of nitro groups is 1. The summed E-state index contributed by atoms with van der Waals surface area (Å²) < 4.78 is 0. The van der Waals surface area contributed by atoms with Gasteiger partial charge in [-0.2, -0.15) is 0 Å². The maximum Gasteiger partial charge on any atom is 0.251 e. The molecule has 0 unspecified atom stereocenters. The van der Waals surface area contributed by atoms with E-state index in [2.05, 4.69) is 4.99 Å². The number of hydrogen-bond donors (Lipinski definition) is 2. The predicted molar refractivity (Wildman–Crippen MR) is 57.8 cm³/mol. The van der Waals surface area contributed by atoms with Crippen molar-refractivity contribution >= 4 is 5.96 Å². The summed E-state index contributed by atoms with van der Waals surface area (Å²) >= 11 is 0. The van der Waals surface area contributed by atoms with Crippen molar-refractivity contribution in [3.63, 3.8) is 0 Å². The molecule has 0 bridgehead atoms. The molecule has 1 rings (SSSR count). The zero-order valence-electron chi connectivity index (χ0n) is 8.98. The van der Waals surface area contributed by atoms with Crippen molar-refractivity contribution in [2.24, 2.45) is 16.6 Å². The van der Waals surface area contributed by atoms with Crippen LogP contribution < -0.4 is 11.2 Å². The van der Waals surface area contributed by atoms with E-state index in [1.54, 1.807) is 0 Å². The van der Waals surface area contributed by atoms with Crippen LogP contribution in [0.5, 0.6) is 0 Å². The third-order valence-corrected chi connectivity index (χ3v) is 2.88. The minimum absolute atomic E-state index is 0.0674. The molecule has 0 aromatic carbocycles. The summed E-state index contributed by atoms with van der Waals surface area (Å²) in [6.07, 6.45) is 6.04. The fourth-order valence-electron chi connectivity index (χ4n) is 2.06. The minimum atomic E-state index is -0.688. The van der Waals surface area contributed by atoms with Gasteiger partial charge in [0.05, 0.1) is 6.04 Å². The van der Waals surface area contributed by atoms with Crippen LogP contribution in [-0.4, -0.2) is 17.0 Å². The number of hydrogen-bond acceptors (Lipinski definition) is 3. The Hall–Kier alpha value is -1.33. The van der Waals surface area contributed by atoms with Crippen LogP contribution in [-0.2, 0) is 0 Å². The molecule has 0 saturated heterocycles. The lowest BCUT2D eigenvalue weighted by atomic mass is 9.85. The summed E-state index contributed by atoms with van der Waals surface area (Å²) in [5.74, 6) is 0.420. The lowest BCUT2D eigenvalue weighted by molar-refractivity contribution is -0.525. The summed E-state index contributed by atoms with van der Waals surface area (Å²) in [4.78, 5) is 14.2. The van der Waals surface area contributed by atoms with Crippen LogP contribution in [0.2, 0.25) is 0 Å². The highest BCUT2D eigenvalue weighted by atomic mass is 16.7. The predicted octanol–water partition coefficient (Wildman–Crippen LogP) is 1.05. The first-order chi connectivity index (χ1) is 7.09. The lowest BCUT2D eigenvalue weighted by Crippen LogP contribution is -2.37. The second kappa shape index (κ2) is 5.53. The van der Waals surface area contributed by atoms with Gasteiger partial charge in [-0.3, -0.25) is 0 Å². The summed E-state index contributed by atoms with van der Waals surface area (Å²) in [6, 6.07) is 0.0674. The average Bonchev–Trinajstić information content (AvgIpc) is 2.17. The third-order valence-electron chi connectivity index (χ3n) is 2.88. The standard InChI is InChI=1S/C9H18N4O2/c1-7(8-5-3-2-4-6-8)11-9(10)12-13(14)15/h7-8H,2-6H2,1H3,(H3,10,11,12)/t7-/m1/s1. The SMILES string of the molecule is C[C@@H](N=C(N)N[N+](=O)[O-])C1CCCCC1. The second-order valence-corrected chi connectivity index (χ2v) is 4.02. The number of nitrogens with two attached hydrogens (primary N) is 1. The van der Waals surface area contributed by atoms with E-state index in [4.69, 9.17) is 5.73 Å². The van der Waals surface area contributed by atoms with Crippen LogP contribution in [0.4, 0.5) is 0 Å². The Bertz CT molecular complexity index is 248. The van der Waals surface area contributed by atoms with Gasteiger partial charge in [0.2, 0.25) is 0 Å². The Morgan fingerprint density at radius 1 is 1.53 bits per heavy atom. The van der Waals surface area contributed by atoms with Crippen LogP contribution in [0, 0.1) is 16.0 Å². The molecule has 3 N–H and O–H groups in total. The van der Waals surface area contributed by atoms with Crippen molar-refractivity contribution in [2.45, 2.75) is 45.1 Å². The van der Waals surface area contributed by atoms with E-state index in [1.807, 2.05) is 12.3 Å². The van der Waals surface area contributed by atoms with Gasteiger partial charge < -0.3 is 5.73 Å². The summed E-state index contributed by atoms with van der Waals surface area (Å²) in [5, 5.41) is 9.41. The van der Waals surface area contributed by atoms with Gasteiger partial charge in [-0.15, -0.1) is 0 Å². The monoisotopic (exact) mass is 214 g/mol. The maximum atomic E-state index is 10.1. The highest BCUT2D eigenvalue weighted by Gasteiger charge is 2.20. The van der Waals surface area contributed by atoms with E-state index in [1.165, 1.54) is 19.3 Å². The molecule has 1 aliphatic rings. The fourth-order valence-corrected chi connectivity index (χ4v) is 2.06. The summed E-state index contributed by atoms with van der Waals surface area (Å²) in [5.41, 5.74) is 7.24. The molecule has 1 aliphatic carbocycles. The van der Waals surface area contributed by atoms with Gasteiger partial charge >= 0.3 is 0 Å². The molecule has 15 heavy (non-hydrogen) atoms. The minimum Gasteiger partial charge on any atom is -0.365 e. The van der Waals surface area contributed by atoms with Crippen LogP contribution in [0.25, 0.3) is 0 Å². The number of nitrogens with zero attached hydrogens (tertiary/aromatic N) is 2. The topological polar surface area (TPSA) is 93.5 Å². The molecule has 0 radical (unpaired) electrons. The molecule has 6 nitrogen and oxygen atoms in total. The van der Waals surface area contributed by atoms with E-state index in [0.717, 1.165) is 12.8 Å². The first-order valence-electron chi connectivity index (χ1n) is 5.34. The smallest absolute Gasteiger partial charge is 0.251 e. The molecule has 0 aliphatic heterocycles. The highest BCUT2D eigenvalue weighted by Crippen LogP contribution is 2.27. The van der Waals surface area contributed by atoms with Gasteiger partial charge in [-0.05, 0) is 25.7 Å². The molecule has 1 atom stereocenters. The molecular formula is C9H18N4O2. The van der Waals surface area contributed by atoms with E-state index < -0.39 is 5.03 Å². The van der Waals surface area contributed by atoms with Gasteiger partial charge in [0, 0.05) is 0 Å². The molecule has 0 aromatic rings. The number of guanidine groups is 1. The highest BCUT2D eigenvalue weighted by molar-refractivity contribution is 5.76. The number of hydrazine groups is 1. The van der Waals surface area contributed by atoms with Gasteiger partial charge in [-0.25, -0.2) is 15.1 Å². The Morgan fingerprint density at radius 2 is 2.13 bits per heavy atom. The normalized spacial score (nSPS) is 21.0. The Kier molecular flexibility index (Phi) is 4.33. The number of rotatable bonds is 3. The maximum absolute atomic E-state index is 10.1. The summed E-state index contributed by atoms with van der Waals surface area (Å²) in [6.45, 7) is 1.96. The van der Waals surface area contributed by atoms with Crippen LogP contribution in [0.3, 0.4) is 0 Å². The van der Waals surface area contributed by atoms with Gasteiger partial charge in [0.1, 0.15) is 0 Å². The number of nitrogens with one attached hydrogen (secondary N) is 1. The Labute approximate surface area is 89.1 Å². The average molecular weight is 214 g/mol. The zero-order valence-corrected chi connectivity index (χ0v) is 8.98. The van der Waals surface area contributed by atoms with Crippen LogP contribution in [0.15, 0.2) is 4.99 Å². The van der Waals surface area contributed by atoms with E-state index in [9.17, 15) is 10.1 Å². The molecule has 0 aromatic heterocycles. The molecule has 86 valence electrons. The van der Waals surface area contributed by atoms with Gasteiger partial charge in [-0.1, -0.05) is 24.7 Å². The Morgan fingerprint density at radius 3 is 2.67 bits per heavy atom. The van der Waals surface area contributed by atoms with Crippen molar-refractivity contribution in [2.75, 3.05) is 0 Å². The second-order valence-electron chi connectivity index (χ2n) is 4.02. The molecule has 0 spiro atoms. The molecular weight excluding hydrogens is 196 g/mol. The zero-order chi connectivity index (χ0) is 11.3. The van der Waals surface area contributed by atoms with Crippen LogP contribution in [0.1, 0.15) is 39.0 Å². The molecule has 6 heteroatoms. The largest absolute Gasteiger partial charge is 0.365 e. The van der Waals surface area contributed by atoms with E-state index in [-0.39, 0.29) is 12.0 Å². The molecule has 1 fully saturated rings. The quantitative estimate of drug-likeness (QED) is 0.318. The van der Waals surface area contributed by atoms with Crippen molar-refractivity contribution in [1.82, 2.24) is 5.43 Å². The first kappa shape index (κ1) is 11.7. The van der Waals surface area contributed by atoms with Gasteiger partial charge in [0.15, 0.2) is 5.03 Å². The van der Waals surface area contributed by atoms with Crippen molar-refractivity contribution in [3.8, 4) is 0 Å². The van der Waals surface area contributed by atoms with Crippen LogP contribution >= 0.6 is 0 Å². The molecule has 0 amide bonds.